The van der Waals surface area contributed by atoms with Gasteiger partial charge in [0.25, 0.3) is 0 Å². The maximum Gasteiger partial charge on any atom is 0.109 e. The summed E-state index contributed by atoms with van der Waals surface area (Å²) >= 11 is 0. The molecule has 0 bridgehead atoms. The van der Waals surface area contributed by atoms with E-state index < -0.39 is 6.10 Å². The summed E-state index contributed by atoms with van der Waals surface area (Å²) in [7, 11) is 0. The molecule has 0 aliphatic carbocycles. The molecule has 0 spiro atoms. The molecule has 0 aliphatic rings. The molecule has 1 unspecified atom stereocenters. The van der Waals surface area contributed by atoms with Crippen molar-refractivity contribution in [3.05, 3.63) is 59.0 Å². The Labute approximate surface area is 95.5 Å². The molecule has 0 fully saturated rings. The van der Waals surface area contributed by atoms with Gasteiger partial charge in [-0.2, -0.15) is 0 Å². The number of aliphatic hydroxyl groups is 1. The molecule has 0 saturated heterocycles. The lowest BCUT2D eigenvalue weighted by Gasteiger charge is -2.13. The highest BCUT2D eigenvalue weighted by Crippen LogP contribution is 2.28. The third-order valence-corrected chi connectivity index (χ3v) is 2.88. The summed E-state index contributed by atoms with van der Waals surface area (Å²) in [6.45, 7) is 4.02. The van der Waals surface area contributed by atoms with E-state index in [1.807, 2.05) is 44.2 Å². The van der Waals surface area contributed by atoms with Crippen molar-refractivity contribution in [2.45, 2.75) is 26.4 Å². The Hall–Kier alpha value is -1.54. The number of furan rings is 1. The van der Waals surface area contributed by atoms with Gasteiger partial charge >= 0.3 is 0 Å². The first-order valence-electron chi connectivity index (χ1n) is 5.54. The molecule has 0 amide bonds. The fraction of sp³-hybridized carbons (Fsp3) is 0.286. The van der Waals surface area contributed by atoms with Crippen molar-refractivity contribution in [1.82, 2.24) is 0 Å². The average molecular weight is 216 g/mol. The minimum absolute atomic E-state index is 0.588. The molecule has 2 nitrogen and oxygen atoms in total. The van der Waals surface area contributed by atoms with E-state index >= 15 is 0 Å². The van der Waals surface area contributed by atoms with Crippen LogP contribution in [0.4, 0.5) is 0 Å². The normalized spacial score (nSPS) is 12.7. The molecule has 2 rings (SSSR count). The number of rotatable bonds is 3. The van der Waals surface area contributed by atoms with Crippen LogP contribution in [0.15, 0.2) is 41.0 Å². The SMILES string of the molecule is CCc1occc1C(O)c1ccccc1C. The predicted octanol–water partition coefficient (Wildman–Crippen LogP) is 3.23. The zero-order chi connectivity index (χ0) is 11.5. The smallest absolute Gasteiger partial charge is 0.109 e. The lowest BCUT2D eigenvalue weighted by atomic mass is 9.97. The Bertz CT molecular complexity index is 471. The van der Waals surface area contributed by atoms with E-state index in [1.165, 1.54) is 0 Å². The summed E-state index contributed by atoms with van der Waals surface area (Å²) in [6.07, 6.45) is 1.84. The van der Waals surface area contributed by atoms with E-state index in [-0.39, 0.29) is 0 Å². The Morgan fingerprint density at radius 2 is 1.94 bits per heavy atom. The number of hydrogen-bond donors (Lipinski definition) is 1. The first-order chi connectivity index (χ1) is 7.74. The van der Waals surface area contributed by atoms with E-state index in [0.717, 1.165) is 28.9 Å². The minimum atomic E-state index is -0.588. The van der Waals surface area contributed by atoms with Gasteiger partial charge in [-0.25, -0.2) is 0 Å². The monoisotopic (exact) mass is 216 g/mol. The van der Waals surface area contributed by atoms with Crippen LogP contribution in [0, 0.1) is 6.92 Å². The average Bonchev–Trinajstić information content (AvgIpc) is 2.77. The summed E-state index contributed by atoms with van der Waals surface area (Å²) in [4.78, 5) is 0. The largest absolute Gasteiger partial charge is 0.469 e. The fourth-order valence-electron chi connectivity index (χ4n) is 1.94. The van der Waals surface area contributed by atoms with Crippen molar-refractivity contribution in [2.24, 2.45) is 0 Å². The van der Waals surface area contributed by atoms with Crippen LogP contribution in [-0.2, 0) is 6.42 Å². The third kappa shape index (κ3) is 1.89. The van der Waals surface area contributed by atoms with Crippen molar-refractivity contribution < 1.29 is 9.52 Å². The van der Waals surface area contributed by atoms with Gasteiger partial charge in [0.15, 0.2) is 0 Å². The van der Waals surface area contributed by atoms with Crippen LogP contribution in [0.1, 0.15) is 35.5 Å². The zero-order valence-corrected chi connectivity index (χ0v) is 9.60. The van der Waals surface area contributed by atoms with Gasteiger partial charge in [-0.05, 0) is 24.1 Å². The van der Waals surface area contributed by atoms with Gasteiger partial charge in [-0.1, -0.05) is 31.2 Å². The van der Waals surface area contributed by atoms with E-state index in [4.69, 9.17) is 4.42 Å². The second-order valence-corrected chi connectivity index (χ2v) is 3.91. The van der Waals surface area contributed by atoms with Crippen LogP contribution in [-0.4, -0.2) is 5.11 Å². The highest BCUT2D eigenvalue weighted by Gasteiger charge is 2.17. The lowest BCUT2D eigenvalue weighted by Crippen LogP contribution is -2.02. The van der Waals surface area contributed by atoms with Gasteiger partial charge in [0.05, 0.1) is 6.26 Å². The van der Waals surface area contributed by atoms with Crippen molar-refractivity contribution in [1.29, 1.82) is 0 Å². The van der Waals surface area contributed by atoms with Crippen LogP contribution in [0.25, 0.3) is 0 Å². The quantitative estimate of drug-likeness (QED) is 0.854. The molecule has 16 heavy (non-hydrogen) atoms. The molecular formula is C14H16O2. The molecule has 84 valence electrons. The van der Waals surface area contributed by atoms with Crippen LogP contribution in [0.5, 0.6) is 0 Å². The maximum atomic E-state index is 10.3. The van der Waals surface area contributed by atoms with Crippen molar-refractivity contribution in [2.75, 3.05) is 0 Å². The molecule has 1 atom stereocenters. The molecule has 1 aromatic heterocycles. The molecule has 1 heterocycles. The number of hydrogen-bond acceptors (Lipinski definition) is 2. The Morgan fingerprint density at radius 1 is 1.19 bits per heavy atom. The standard InChI is InChI=1S/C14H16O2/c1-3-13-12(8-9-16-13)14(15)11-7-5-4-6-10(11)2/h4-9,14-15H,3H2,1-2H3. The lowest BCUT2D eigenvalue weighted by molar-refractivity contribution is 0.216. The first kappa shape index (κ1) is 11.0. The van der Waals surface area contributed by atoms with Crippen molar-refractivity contribution >= 4 is 0 Å². The molecular weight excluding hydrogens is 200 g/mol. The summed E-state index contributed by atoms with van der Waals surface area (Å²) in [6, 6.07) is 9.71. The molecule has 0 radical (unpaired) electrons. The van der Waals surface area contributed by atoms with Crippen LogP contribution in [0.2, 0.25) is 0 Å². The number of aliphatic hydroxyl groups excluding tert-OH is 1. The summed E-state index contributed by atoms with van der Waals surface area (Å²) in [5.74, 6) is 0.857. The van der Waals surface area contributed by atoms with Crippen molar-refractivity contribution in [3.63, 3.8) is 0 Å². The van der Waals surface area contributed by atoms with E-state index in [1.54, 1.807) is 6.26 Å². The number of aryl methyl sites for hydroxylation is 2. The second kappa shape index (κ2) is 4.54. The Balaban J connectivity index is 2.39. The van der Waals surface area contributed by atoms with E-state index in [0.29, 0.717) is 0 Å². The highest BCUT2D eigenvalue weighted by molar-refractivity contribution is 5.36. The summed E-state index contributed by atoms with van der Waals surface area (Å²) in [5.41, 5.74) is 2.91. The molecule has 0 aliphatic heterocycles. The topological polar surface area (TPSA) is 33.4 Å². The Morgan fingerprint density at radius 3 is 2.62 bits per heavy atom. The zero-order valence-electron chi connectivity index (χ0n) is 9.60. The molecule has 2 heteroatoms. The summed E-state index contributed by atoms with van der Waals surface area (Å²) in [5, 5.41) is 10.3. The van der Waals surface area contributed by atoms with Gasteiger partial charge in [-0.15, -0.1) is 0 Å². The Kier molecular flexibility index (Phi) is 3.11. The molecule has 2 aromatic rings. The van der Waals surface area contributed by atoms with E-state index in [9.17, 15) is 5.11 Å². The van der Waals surface area contributed by atoms with Crippen LogP contribution < -0.4 is 0 Å². The van der Waals surface area contributed by atoms with Gasteiger partial charge in [-0.3, -0.25) is 0 Å². The van der Waals surface area contributed by atoms with Crippen molar-refractivity contribution in [3.8, 4) is 0 Å². The fourth-order valence-corrected chi connectivity index (χ4v) is 1.94. The van der Waals surface area contributed by atoms with Gasteiger partial charge in [0, 0.05) is 12.0 Å². The maximum absolute atomic E-state index is 10.3. The first-order valence-corrected chi connectivity index (χ1v) is 5.54. The van der Waals surface area contributed by atoms with Crippen LogP contribution in [0.3, 0.4) is 0 Å². The molecule has 1 aromatic carbocycles. The van der Waals surface area contributed by atoms with Gasteiger partial charge < -0.3 is 9.52 Å². The van der Waals surface area contributed by atoms with E-state index in [2.05, 4.69) is 0 Å². The van der Waals surface area contributed by atoms with Crippen LogP contribution >= 0.6 is 0 Å². The second-order valence-electron chi connectivity index (χ2n) is 3.91. The number of benzene rings is 1. The highest BCUT2D eigenvalue weighted by atomic mass is 16.3. The summed E-state index contributed by atoms with van der Waals surface area (Å²) < 4.78 is 5.34. The molecule has 0 saturated carbocycles. The predicted molar refractivity (Wildman–Crippen MR) is 63.3 cm³/mol. The third-order valence-electron chi connectivity index (χ3n) is 2.88. The molecule has 1 N–H and O–H groups in total. The van der Waals surface area contributed by atoms with Gasteiger partial charge in [0.2, 0.25) is 0 Å². The van der Waals surface area contributed by atoms with Gasteiger partial charge in [0.1, 0.15) is 11.9 Å². The minimum Gasteiger partial charge on any atom is -0.469 e.